The zero-order valence-corrected chi connectivity index (χ0v) is 15.8. The molecule has 5 heteroatoms. The fraction of sp³-hybridized carbons (Fsp3) is 0.227. The molecule has 0 spiro atoms. The number of nitrogens with zero attached hydrogens (tertiary/aromatic N) is 4. The Labute approximate surface area is 159 Å². The van der Waals surface area contributed by atoms with E-state index in [0.717, 1.165) is 28.4 Å². The zero-order chi connectivity index (χ0) is 19.2. The maximum Gasteiger partial charge on any atom is 0.134 e. The Hall–Kier alpha value is -3.39. The molecule has 0 saturated carbocycles. The first kappa shape index (κ1) is 18.4. The van der Waals surface area contributed by atoms with Crippen molar-refractivity contribution in [1.82, 2.24) is 9.97 Å². The lowest BCUT2D eigenvalue weighted by Crippen LogP contribution is -2.28. The number of methoxy groups -OCH3 is 1. The van der Waals surface area contributed by atoms with E-state index in [9.17, 15) is 5.26 Å². The number of aryl methyl sites for hydroxylation is 1. The van der Waals surface area contributed by atoms with E-state index in [4.69, 9.17) is 4.74 Å². The second-order valence-electron chi connectivity index (χ2n) is 6.26. The number of benzene rings is 2. The Morgan fingerprint density at radius 3 is 2.56 bits per heavy atom. The van der Waals surface area contributed by atoms with Crippen molar-refractivity contribution in [3.8, 4) is 23.1 Å². The molecule has 0 N–H and O–H groups in total. The van der Waals surface area contributed by atoms with Crippen LogP contribution in [-0.4, -0.2) is 23.6 Å². The Balaban J connectivity index is 2.03. The standard InChI is InChI=1S/C22H22N4O/c1-16(18-8-5-4-6-9-18)26(13-12-23)22-15-21(24-17(2)25-22)19-10-7-11-20(14-19)27-3/h4-11,14-16H,13H2,1-3H3. The normalized spacial score (nSPS) is 11.5. The lowest BCUT2D eigenvalue weighted by Gasteiger charge is -2.28. The van der Waals surface area contributed by atoms with E-state index in [1.807, 2.05) is 60.4 Å². The van der Waals surface area contributed by atoms with Gasteiger partial charge in [0.2, 0.25) is 0 Å². The third-order valence-corrected chi connectivity index (χ3v) is 4.47. The predicted molar refractivity (Wildman–Crippen MR) is 107 cm³/mol. The van der Waals surface area contributed by atoms with Gasteiger partial charge in [-0.2, -0.15) is 5.26 Å². The van der Waals surface area contributed by atoms with Crippen LogP contribution in [0.3, 0.4) is 0 Å². The van der Waals surface area contributed by atoms with Crippen LogP contribution in [0.5, 0.6) is 5.75 Å². The van der Waals surface area contributed by atoms with Gasteiger partial charge >= 0.3 is 0 Å². The van der Waals surface area contributed by atoms with Gasteiger partial charge in [0.05, 0.1) is 24.9 Å². The molecule has 27 heavy (non-hydrogen) atoms. The van der Waals surface area contributed by atoms with Crippen LogP contribution in [0.15, 0.2) is 60.7 Å². The topological polar surface area (TPSA) is 62.0 Å². The lowest BCUT2D eigenvalue weighted by atomic mass is 10.1. The molecule has 1 atom stereocenters. The van der Waals surface area contributed by atoms with Crippen molar-refractivity contribution in [3.63, 3.8) is 0 Å². The molecule has 0 radical (unpaired) electrons. The Bertz CT molecular complexity index is 950. The first-order valence-corrected chi connectivity index (χ1v) is 8.81. The average Bonchev–Trinajstić information content (AvgIpc) is 2.71. The van der Waals surface area contributed by atoms with Gasteiger partial charge in [-0.05, 0) is 31.5 Å². The second-order valence-corrected chi connectivity index (χ2v) is 6.26. The molecule has 0 fully saturated rings. The Kier molecular flexibility index (Phi) is 5.68. The molecule has 0 saturated heterocycles. The molecule has 0 bridgehead atoms. The first-order valence-electron chi connectivity index (χ1n) is 8.81. The highest BCUT2D eigenvalue weighted by Crippen LogP contribution is 2.29. The molecular formula is C22H22N4O. The summed E-state index contributed by atoms with van der Waals surface area (Å²) in [6.45, 7) is 4.18. The van der Waals surface area contributed by atoms with E-state index < -0.39 is 0 Å². The third-order valence-electron chi connectivity index (χ3n) is 4.47. The monoisotopic (exact) mass is 358 g/mol. The van der Waals surface area contributed by atoms with Crippen molar-refractivity contribution in [3.05, 3.63) is 72.1 Å². The van der Waals surface area contributed by atoms with Crippen molar-refractivity contribution in [2.45, 2.75) is 19.9 Å². The summed E-state index contributed by atoms with van der Waals surface area (Å²) in [6.07, 6.45) is 0. The fourth-order valence-electron chi connectivity index (χ4n) is 3.03. The van der Waals surface area contributed by atoms with Crippen LogP contribution in [0.4, 0.5) is 5.82 Å². The van der Waals surface area contributed by atoms with Crippen LogP contribution >= 0.6 is 0 Å². The van der Waals surface area contributed by atoms with E-state index in [0.29, 0.717) is 5.82 Å². The molecule has 0 amide bonds. The van der Waals surface area contributed by atoms with Gasteiger partial charge < -0.3 is 9.64 Å². The van der Waals surface area contributed by atoms with Crippen LogP contribution in [0, 0.1) is 18.3 Å². The summed E-state index contributed by atoms with van der Waals surface area (Å²) < 4.78 is 5.32. The van der Waals surface area contributed by atoms with Gasteiger partial charge in [-0.25, -0.2) is 9.97 Å². The van der Waals surface area contributed by atoms with Crippen molar-refractivity contribution >= 4 is 5.82 Å². The summed E-state index contributed by atoms with van der Waals surface area (Å²) in [7, 11) is 1.64. The fourth-order valence-corrected chi connectivity index (χ4v) is 3.03. The molecule has 1 aromatic heterocycles. The second kappa shape index (κ2) is 8.33. The third kappa shape index (κ3) is 4.24. The number of anilines is 1. The highest BCUT2D eigenvalue weighted by molar-refractivity contribution is 5.65. The number of hydrogen-bond acceptors (Lipinski definition) is 5. The Morgan fingerprint density at radius 2 is 1.85 bits per heavy atom. The zero-order valence-electron chi connectivity index (χ0n) is 15.8. The van der Waals surface area contributed by atoms with Crippen LogP contribution in [-0.2, 0) is 0 Å². The molecule has 1 heterocycles. The molecule has 2 aromatic carbocycles. The largest absolute Gasteiger partial charge is 0.497 e. The van der Waals surface area contributed by atoms with E-state index in [1.54, 1.807) is 7.11 Å². The SMILES string of the molecule is COc1cccc(-c2cc(N(CC#N)C(C)c3ccccc3)nc(C)n2)c1. The lowest BCUT2D eigenvalue weighted by molar-refractivity contribution is 0.415. The highest BCUT2D eigenvalue weighted by Gasteiger charge is 2.19. The summed E-state index contributed by atoms with van der Waals surface area (Å²) in [5.41, 5.74) is 2.89. The van der Waals surface area contributed by atoms with Gasteiger partial charge in [0, 0.05) is 11.6 Å². The van der Waals surface area contributed by atoms with E-state index in [-0.39, 0.29) is 12.6 Å². The van der Waals surface area contributed by atoms with E-state index in [2.05, 4.69) is 35.1 Å². The Morgan fingerprint density at radius 1 is 1.07 bits per heavy atom. The van der Waals surface area contributed by atoms with E-state index >= 15 is 0 Å². The minimum atomic E-state index is 0.0123. The minimum absolute atomic E-state index is 0.0123. The molecule has 0 aliphatic heterocycles. The predicted octanol–water partition coefficient (Wildman–Crippen LogP) is 4.55. The number of rotatable bonds is 6. The van der Waals surface area contributed by atoms with Crippen molar-refractivity contribution in [2.24, 2.45) is 0 Å². The van der Waals surface area contributed by atoms with Gasteiger partial charge in [-0.15, -0.1) is 0 Å². The minimum Gasteiger partial charge on any atom is -0.497 e. The number of ether oxygens (including phenoxy) is 1. The highest BCUT2D eigenvalue weighted by atomic mass is 16.5. The average molecular weight is 358 g/mol. The van der Waals surface area contributed by atoms with Gasteiger partial charge in [0.15, 0.2) is 0 Å². The van der Waals surface area contributed by atoms with Crippen LogP contribution in [0.1, 0.15) is 24.4 Å². The maximum absolute atomic E-state index is 9.37. The van der Waals surface area contributed by atoms with E-state index in [1.165, 1.54) is 0 Å². The summed E-state index contributed by atoms with van der Waals surface area (Å²) in [5, 5.41) is 9.37. The molecule has 136 valence electrons. The van der Waals surface area contributed by atoms with Crippen LogP contribution < -0.4 is 9.64 Å². The first-order chi connectivity index (χ1) is 13.1. The number of nitriles is 1. The van der Waals surface area contributed by atoms with Crippen molar-refractivity contribution in [1.29, 1.82) is 5.26 Å². The number of hydrogen-bond donors (Lipinski definition) is 0. The molecular weight excluding hydrogens is 336 g/mol. The van der Waals surface area contributed by atoms with Crippen LogP contribution in [0.2, 0.25) is 0 Å². The summed E-state index contributed by atoms with van der Waals surface area (Å²) in [4.78, 5) is 11.2. The molecule has 0 aliphatic carbocycles. The summed E-state index contributed by atoms with van der Waals surface area (Å²) in [5.74, 6) is 2.17. The molecule has 3 aromatic rings. The quantitative estimate of drug-likeness (QED) is 0.605. The summed E-state index contributed by atoms with van der Waals surface area (Å²) in [6, 6.07) is 22.1. The van der Waals surface area contributed by atoms with Crippen LogP contribution in [0.25, 0.3) is 11.3 Å². The summed E-state index contributed by atoms with van der Waals surface area (Å²) >= 11 is 0. The van der Waals surface area contributed by atoms with Crippen molar-refractivity contribution in [2.75, 3.05) is 18.6 Å². The maximum atomic E-state index is 9.37. The van der Waals surface area contributed by atoms with Gasteiger partial charge in [-0.3, -0.25) is 0 Å². The molecule has 5 nitrogen and oxygen atoms in total. The number of aromatic nitrogens is 2. The van der Waals surface area contributed by atoms with Gasteiger partial charge in [0.1, 0.15) is 23.9 Å². The molecule has 3 rings (SSSR count). The molecule has 1 unspecified atom stereocenters. The van der Waals surface area contributed by atoms with Gasteiger partial charge in [-0.1, -0.05) is 42.5 Å². The van der Waals surface area contributed by atoms with Gasteiger partial charge in [0.25, 0.3) is 0 Å². The molecule has 0 aliphatic rings. The smallest absolute Gasteiger partial charge is 0.134 e. The van der Waals surface area contributed by atoms with Crippen molar-refractivity contribution < 1.29 is 4.74 Å².